The highest BCUT2D eigenvalue weighted by Gasteiger charge is 2.33. The molecule has 104 valence electrons. The molecule has 1 unspecified atom stereocenters. The molecule has 2 rings (SSSR count). The highest BCUT2D eigenvalue weighted by atomic mass is 16.5. The number of aromatic nitrogens is 2. The molecule has 0 saturated carbocycles. The third kappa shape index (κ3) is 3.11. The third-order valence-electron chi connectivity index (χ3n) is 3.39. The zero-order chi connectivity index (χ0) is 14.5. The lowest BCUT2D eigenvalue weighted by Crippen LogP contribution is -2.27. The van der Waals surface area contributed by atoms with Gasteiger partial charge in [0, 0.05) is 18.0 Å². The second kappa shape index (κ2) is 6.12. The van der Waals surface area contributed by atoms with Crippen LogP contribution >= 0.6 is 0 Å². The molecule has 1 saturated heterocycles. The summed E-state index contributed by atoms with van der Waals surface area (Å²) in [5, 5.41) is 4.40. The van der Waals surface area contributed by atoms with Gasteiger partial charge in [0.25, 0.3) is 0 Å². The molecule has 1 fully saturated rings. The zero-order valence-electron chi connectivity index (χ0n) is 12.3. The maximum Gasteiger partial charge on any atom is 0.349 e. The Labute approximate surface area is 114 Å². The number of ether oxygens (including phenoxy) is 1. The molecule has 0 amide bonds. The van der Waals surface area contributed by atoms with Crippen LogP contribution in [0, 0.1) is 5.92 Å². The first-order valence-electron chi connectivity index (χ1n) is 7.04. The fraction of sp³-hybridized carbons (Fsp3) is 0.571. The molecule has 2 heterocycles. The summed E-state index contributed by atoms with van der Waals surface area (Å²) in [6, 6.07) is 0. The first-order chi connectivity index (χ1) is 9.65. The van der Waals surface area contributed by atoms with Gasteiger partial charge in [-0.1, -0.05) is 26.0 Å². The number of hydrogen-bond donors (Lipinski definition) is 1. The van der Waals surface area contributed by atoms with E-state index < -0.39 is 0 Å². The summed E-state index contributed by atoms with van der Waals surface area (Å²) in [5.41, 5.74) is 0.561. The van der Waals surface area contributed by atoms with Gasteiger partial charge in [-0.05, 0) is 18.8 Å². The number of aliphatic hydroxyl groups is 1. The number of hydrogen-bond acceptors (Lipinski definition) is 4. The molecule has 0 radical (unpaired) electrons. The van der Waals surface area contributed by atoms with Crippen molar-refractivity contribution in [3.8, 4) is 0 Å². The molecule has 0 spiro atoms. The average molecular weight is 265 g/mol. The fourth-order valence-electron chi connectivity index (χ4n) is 2.24. The quantitative estimate of drug-likeness (QED) is 0.878. The summed E-state index contributed by atoms with van der Waals surface area (Å²) in [7, 11) is 0. The van der Waals surface area contributed by atoms with Gasteiger partial charge >= 0.3 is 5.69 Å². The highest BCUT2D eigenvalue weighted by molar-refractivity contribution is 5.46. The van der Waals surface area contributed by atoms with Gasteiger partial charge in [-0.25, -0.2) is 9.78 Å². The molecule has 5 nitrogen and oxygen atoms in total. The van der Waals surface area contributed by atoms with Crippen LogP contribution in [0.4, 0.5) is 0 Å². The van der Waals surface area contributed by atoms with E-state index >= 15 is 0 Å². The van der Waals surface area contributed by atoms with Gasteiger partial charge in [0.05, 0.1) is 12.7 Å². The number of rotatable bonds is 5. The molecule has 3 atom stereocenters. The Morgan fingerprint density at radius 1 is 1.74 bits per heavy atom. The smallest absolute Gasteiger partial charge is 0.349 e. The Kier molecular flexibility index (Phi) is 4.05. The minimum Gasteiger partial charge on any atom is -0.394 e. The van der Waals surface area contributed by atoms with E-state index in [0.717, 1.165) is 18.4 Å². The lowest BCUT2D eigenvalue weighted by molar-refractivity contribution is -0.0312. The van der Waals surface area contributed by atoms with Crippen LogP contribution in [0.25, 0.3) is 6.08 Å². The molecular formula is C14H20N2O3. The number of aliphatic hydroxyl groups excluding tert-OH is 1. The zero-order valence-corrected chi connectivity index (χ0v) is 11.3. The number of nitrogens with zero attached hydrogens (tertiary/aromatic N) is 2. The van der Waals surface area contributed by atoms with Gasteiger partial charge < -0.3 is 9.85 Å². The van der Waals surface area contributed by atoms with Crippen LogP contribution in [0.1, 0.15) is 38.5 Å². The van der Waals surface area contributed by atoms with Crippen LogP contribution in [0.3, 0.4) is 0 Å². The van der Waals surface area contributed by atoms with Crippen molar-refractivity contribution in [1.82, 2.24) is 9.55 Å². The Morgan fingerprint density at radius 3 is 3.32 bits per heavy atom. The van der Waals surface area contributed by atoms with Crippen molar-refractivity contribution in [3.63, 3.8) is 0 Å². The Morgan fingerprint density at radius 2 is 2.58 bits per heavy atom. The normalized spacial score (nSPS) is 27.9. The minimum absolute atomic E-state index is 0.153. The SMILES string of the molecule is [2H]OC[C@H]1O[C@@H](n2cc(/C=C/CC)cnc2=O)CC1C. The van der Waals surface area contributed by atoms with Gasteiger partial charge in [0.2, 0.25) is 1.43 Å². The van der Waals surface area contributed by atoms with Crippen molar-refractivity contribution in [2.24, 2.45) is 5.92 Å². The highest BCUT2D eigenvalue weighted by Crippen LogP contribution is 2.31. The maximum atomic E-state index is 11.9. The maximum absolute atomic E-state index is 11.9. The first-order valence-corrected chi connectivity index (χ1v) is 6.64. The lowest BCUT2D eigenvalue weighted by Gasteiger charge is -2.14. The van der Waals surface area contributed by atoms with E-state index in [2.05, 4.69) is 10.1 Å². The van der Waals surface area contributed by atoms with E-state index in [-0.39, 0.29) is 30.5 Å². The Balaban J connectivity index is 2.20. The average Bonchev–Trinajstić information content (AvgIpc) is 2.79. The van der Waals surface area contributed by atoms with Crippen LogP contribution in [-0.2, 0) is 4.74 Å². The van der Waals surface area contributed by atoms with Crippen LogP contribution in [0.2, 0.25) is 0 Å². The van der Waals surface area contributed by atoms with E-state index in [0.29, 0.717) is 0 Å². The summed E-state index contributed by atoms with van der Waals surface area (Å²) < 4.78 is 14.1. The third-order valence-corrected chi connectivity index (χ3v) is 3.39. The van der Waals surface area contributed by atoms with E-state index in [1.165, 1.54) is 4.57 Å². The molecule has 1 aromatic rings. The summed E-state index contributed by atoms with van der Waals surface area (Å²) in [4.78, 5) is 15.8. The van der Waals surface area contributed by atoms with Gasteiger partial charge in [0.15, 0.2) is 0 Å². The van der Waals surface area contributed by atoms with Crippen LogP contribution in [-0.4, -0.2) is 28.8 Å². The second-order valence-corrected chi connectivity index (χ2v) is 4.90. The van der Waals surface area contributed by atoms with E-state index in [1.54, 1.807) is 12.4 Å². The van der Waals surface area contributed by atoms with Gasteiger partial charge in [0.1, 0.15) is 6.23 Å². The van der Waals surface area contributed by atoms with E-state index in [9.17, 15) is 4.79 Å². The summed E-state index contributed by atoms with van der Waals surface area (Å²) in [6.45, 7) is 4.30. The fourth-order valence-corrected chi connectivity index (χ4v) is 2.24. The van der Waals surface area contributed by atoms with Crippen molar-refractivity contribution >= 4 is 6.08 Å². The standard InChI is InChI=1S/C14H20N2O3/c1-3-4-5-11-7-15-14(18)16(8-11)13-6-10(2)12(9-17)19-13/h4-5,7-8,10,12-13,17H,3,6,9H2,1-2H3/b5-4+/t10?,12-,13-/m1/s1/i17D. The largest absolute Gasteiger partial charge is 0.394 e. The lowest BCUT2D eigenvalue weighted by atomic mass is 10.0. The summed E-state index contributed by atoms with van der Waals surface area (Å²) in [6.07, 6.45) is 8.44. The monoisotopic (exact) mass is 265 g/mol. The molecule has 1 aliphatic rings. The second-order valence-electron chi connectivity index (χ2n) is 4.90. The van der Waals surface area contributed by atoms with Gasteiger partial charge in [-0.2, -0.15) is 0 Å². The summed E-state index contributed by atoms with van der Waals surface area (Å²) in [5.74, 6) is 0.243. The van der Waals surface area contributed by atoms with E-state index in [1.807, 2.05) is 26.0 Å². The molecule has 0 aliphatic carbocycles. The molecule has 0 bridgehead atoms. The topological polar surface area (TPSA) is 64.3 Å². The van der Waals surface area contributed by atoms with E-state index in [4.69, 9.17) is 6.17 Å². The van der Waals surface area contributed by atoms with Gasteiger partial charge in [-0.3, -0.25) is 4.57 Å². The molecule has 19 heavy (non-hydrogen) atoms. The molecule has 1 aromatic heterocycles. The predicted octanol–water partition coefficient (Wildman–Crippen LogP) is 1.58. The predicted molar refractivity (Wildman–Crippen MR) is 72.6 cm³/mol. The Hall–Kier alpha value is -1.46. The van der Waals surface area contributed by atoms with Crippen molar-refractivity contribution < 1.29 is 9.85 Å². The van der Waals surface area contributed by atoms with Gasteiger partial charge in [-0.15, -0.1) is 0 Å². The van der Waals surface area contributed by atoms with Crippen LogP contribution in [0.5, 0.6) is 0 Å². The van der Waals surface area contributed by atoms with Crippen LogP contribution < -0.4 is 5.69 Å². The molecule has 1 aliphatic heterocycles. The van der Waals surface area contributed by atoms with Crippen molar-refractivity contribution in [2.45, 2.75) is 39.0 Å². The minimum atomic E-state index is -0.333. The summed E-state index contributed by atoms with van der Waals surface area (Å²) >= 11 is 0. The van der Waals surface area contributed by atoms with Crippen molar-refractivity contribution in [2.75, 3.05) is 6.61 Å². The van der Waals surface area contributed by atoms with Crippen LogP contribution in [0.15, 0.2) is 23.3 Å². The molecular weight excluding hydrogens is 244 g/mol. The van der Waals surface area contributed by atoms with Crippen molar-refractivity contribution in [1.29, 1.82) is 1.43 Å². The number of allylic oxidation sites excluding steroid dienone is 1. The van der Waals surface area contributed by atoms with Crippen molar-refractivity contribution in [3.05, 3.63) is 34.5 Å². The molecule has 5 heteroatoms. The molecule has 0 aromatic carbocycles. The Bertz CT molecular complexity index is 529. The molecule has 1 N–H and O–H groups in total. The first kappa shape index (κ1) is 12.6.